The van der Waals surface area contributed by atoms with Crippen molar-refractivity contribution >= 4 is 51.2 Å². The lowest BCUT2D eigenvalue weighted by atomic mass is 10.1. The van der Waals surface area contributed by atoms with Crippen LogP contribution < -0.4 is 4.90 Å². The molecule has 1 aliphatic rings. The number of nitrogens with zero attached hydrogens (tertiary/aromatic N) is 5. The number of imidazole rings is 1. The Bertz CT molecular complexity index is 709. The van der Waals surface area contributed by atoms with Crippen LogP contribution in [-0.4, -0.2) is 56.5 Å². The molecule has 126 valence electrons. The van der Waals surface area contributed by atoms with Crippen LogP contribution in [0.25, 0.3) is 11.2 Å². The van der Waals surface area contributed by atoms with Crippen molar-refractivity contribution in [1.82, 2.24) is 19.5 Å². The zero-order valence-corrected chi connectivity index (χ0v) is 16.0. The highest BCUT2D eigenvalue weighted by molar-refractivity contribution is 14.1. The highest BCUT2D eigenvalue weighted by atomic mass is 127. The first-order valence-electron chi connectivity index (χ1n) is 7.49. The molecule has 0 amide bonds. The molecule has 0 bridgehead atoms. The summed E-state index contributed by atoms with van der Waals surface area (Å²) in [6.45, 7) is 7.05. The van der Waals surface area contributed by atoms with Gasteiger partial charge in [0.1, 0.15) is 0 Å². The van der Waals surface area contributed by atoms with Crippen LogP contribution in [0.5, 0.6) is 0 Å². The third-order valence-electron chi connectivity index (χ3n) is 3.76. The van der Waals surface area contributed by atoms with Crippen LogP contribution in [0.4, 0.5) is 5.82 Å². The largest absolute Gasteiger partial charge is 0.390 e. The zero-order valence-electron chi connectivity index (χ0n) is 13.1. The number of ether oxygens (including phenoxy) is 1. The first-order valence-corrected chi connectivity index (χ1v) is 8.95. The number of hydrogen-bond donors (Lipinski definition) is 1. The van der Waals surface area contributed by atoms with Crippen molar-refractivity contribution in [2.45, 2.75) is 32.4 Å². The number of aryl methyl sites for hydroxylation is 1. The third-order valence-corrected chi connectivity index (χ3v) is 4.75. The Hall–Kier alpha value is -0.710. The van der Waals surface area contributed by atoms with Crippen LogP contribution in [0, 0.1) is 3.83 Å². The van der Waals surface area contributed by atoms with Gasteiger partial charge in [0.2, 0.25) is 5.28 Å². The summed E-state index contributed by atoms with van der Waals surface area (Å²) in [5.74, 6) is 0.753. The molecule has 0 atom stereocenters. The van der Waals surface area contributed by atoms with E-state index in [-0.39, 0.29) is 5.28 Å². The van der Waals surface area contributed by atoms with Gasteiger partial charge >= 0.3 is 0 Å². The summed E-state index contributed by atoms with van der Waals surface area (Å²) in [6.07, 6.45) is 0.600. The molecule has 2 aromatic rings. The van der Waals surface area contributed by atoms with Gasteiger partial charge in [0.25, 0.3) is 0 Å². The monoisotopic (exact) mass is 451 g/mol. The second-order valence-electron chi connectivity index (χ2n) is 6.18. The molecule has 1 fully saturated rings. The standard InChI is InChI=1S/C14H19ClIN5O2/c1-14(2,22)3-4-21-11-9(17-13(21)16)10(18-12(15)19-11)20-5-7-23-8-6-20/h22H,3-8H2,1-2H3. The lowest BCUT2D eigenvalue weighted by molar-refractivity contribution is 0.0663. The molecule has 3 rings (SSSR count). The van der Waals surface area contributed by atoms with Crippen LogP contribution in [-0.2, 0) is 11.3 Å². The Morgan fingerprint density at radius 1 is 1.26 bits per heavy atom. The highest BCUT2D eigenvalue weighted by Gasteiger charge is 2.23. The topological polar surface area (TPSA) is 76.3 Å². The summed E-state index contributed by atoms with van der Waals surface area (Å²) < 4.78 is 8.19. The van der Waals surface area contributed by atoms with Crippen molar-refractivity contribution < 1.29 is 9.84 Å². The van der Waals surface area contributed by atoms with Crippen molar-refractivity contribution in [3.05, 3.63) is 9.11 Å². The van der Waals surface area contributed by atoms with Crippen molar-refractivity contribution in [2.75, 3.05) is 31.2 Å². The molecule has 0 unspecified atom stereocenters. The van der Waals surface area contributed by atoms with Crippen molar-refractivity contribution in [3.63, 3.8) is 0 Å². The van der Waals surface area contributed by atoms with E-state index in [0.29, 0.717) is 31.8 Å². The Kier molecular flexibility index (Phi) is 4.96. The molecule has 0 radical (unpaired) electrons. The number of rotatable bonds is 4. The van der Waals surface area contributed by atoms with Gasteiger partial charge in [-0.3, -0.25) is 0 Å². The van der Waals surface area contributed by atoms with E-state index in [0.717, 1.165) is 28.3 Å². The van der Waals surface area contributed by atoms with Gasteiger partial charge in [-0.05, 0) is 31.9 Å². The number of hydrogen-bond acceptors (Lipinski definition) is 6. The van der Waals surface area contributed by atoms with E-state index in [2.05, 4.69) is 42.4 Å². The summed E-state index contributed by atoms with van der Waals surface area (Å²) >= 11 is 8.32. The number of morpholine rings is 1. The van der Waals surface area contributed by atoms with Crippen LogP contribution in [0.2, 0.25) is 5.28 Å². The average Bonchev–Trinajstić information content (AvgIpc) is 2.80. The third kappa shape index (κ3) is 3.86. The van der Waals surface area contributed by atoms with Gasteiger partial charge in [0, 0.05) is 42.2 Å². The van der Waals surface area contributed by atoms with Crippen LogP contribution in [0.3, 0.4) is 0 Å². The van der Waals surface area contributed by atoms with E-state index >= 15 is 0 Å². The van der Waals surface area contributed by atoms with Crippen molar-refractivity contribution in [1.29, 1.82) is 0 Å². The molecular weight excluding hydrogens is 433 g/mol. The van der Waals surface area contributed by atoms with Crippen LogP contribution >= 0.6 is 34.2 Å². The number of anilines is 1. The maximum Gasteiger partial charge on any atom is 0.226 e. The second kappa shape index (κ2) is 6.66. The molecular formula is C14H19ClIN5O2. The van der Waals surface area contributed by atoms with Crippen molar-refractivity contribution in [2.24, 2.45) is 0 Å². The summed E-state index contributed by atoms with van der Waals surface area (Å²) in [4.78, 5) is 15.5. The lowest BCUT2D eigenvalue weighted by Gasteiger charge is -2.27. The summed E-state index contributed by atoms with van der Waals surface area (Å²) in [5.41, 5.74) is 0.709. The molecule has 0 spiro atoms. The van der Waals surface area contributed by atoms with Crippen LogP contribution in [0.1, 0.15) is 20.3 Å². The Morgan fingerprint density at radius 3 is 2.61 bits per heavy atom. The molecule has 1 saturated heterocycles. The normalized spacial score (nSPS) is 16.3. The van der Waals surface area contributed by atoms with E-state index in [4.69, 9.17) is 16.3 Å². The van der Waals surface area contributed by atoms with Gasteiger partial charge in [-0.2, -0.15) is 9.97 Å². The maximum atomic E-state index is 9.98. The average molecular weight is 452 g/mol. The van der Waals surface area contributed by atoms with E-state index in [1.54, 1.807) is 13.8 Å². The van der Waals surface area contributed by atoms with E-state index in [1.807, 2.05) is 4.57 Å². The Balaban J connectivity index is 2.02. The Morgan fingerprint density at radius 2 is 1.96 bits per heavy atom. The minimum atomic E-state index is -0.746. The summed E-state index contributed by atoms with van der Waals surface area (Å²) in [5, 5.41) is 10.2. The fourth-order valence-electron chi connectivity index (χ4n) is 2.51. The van der Waals surface area contributed by atoms with Gasteiger partial charge in [-0.25, -0.2) is 4.98 Å². The molecule has 0 saturated carbocycles. The van der Waals surface area contributed by atoms with E-state index < -0.39 is 5.60 Å². The van der Waals surface area contributed by atoms with Crippen molar-refractivity contribution in [3.8, 4) is 0 Å². The highest BCUT2D eigenvalue weighted by Crippen LogP contribution is 2.28. The SMILES string of the molecule is CC(C)(O)CCn1c(I)nc2c(N3CCOCC3)nc(Cl)nc21. The molecule has 0 aromatic carbocycles. The number of aromatic nitrogens is 4. The van der Waals surface area contributed by atoms with Crippen LogP contribution in [0.15, 0.2) is 0 Å². The fourth-order valence-corrected chi connectivity index (χ4v) is 3.38. The van der Waals surface area contributed by atoms with Gasteiger partial charge in [0.15, 0.2) is 20.8 Å². The van der Waals surface area contributed by atoms with E-state index in [9.17, 15) is 5.11 Å². The predicted molar refractivity (Wildman–Crippen MR) is 97.0 cm³/mol. The minimum Gasteiger partial charge on any atom is -0.390 e. The zero-order chi connectivity index (χ0) is 16.6. The number of aliphatic hydroxyl groups is 1. The maximum absolute atomic E-state index is 9.98. The smallest absolute Gasteiger partial charge is 0.226 e. The quantitative estimate of drug-likeness (QED) is 0.436. The van der Waals surface area contributed by atoms with Gasteiger partial charge in [0.05, 0.1) is 18.8 Å². The molecule has 23 heavy (non-hydrogen) atoms. The van der Waals surface area contributed by atoms with E-state index in [1.165, 1.54) is 0 Å². The molecule has 0 aliphatic carbocycles. The summed E-state index contributed by atoms with van der Waals surface area (Å²) in [6, 6.07) is 0. The summed E-state index contributed by atoms with van der Waals surface area (Å²) in [7, 11) is 0. The van der Waals surface area contributed by atoms with Gasteiger partial charge in [-0.1, -0.05) is 0 Å². The molecule has 7 nitrogen and oxygen atoms in total. The fraction of sp³-hybridized carbons (Fsp3) is 0.643. The molecule has 1 aliphatic heterocycles. The molecule has 3 heterocycles. The molecule has 9 heteroatoms. The van der Waals surface area contributed by atoms with Gasteiger partial charge < -0.3 is 19.3 Å². The number of halogens is 2. The first-order chi connectivity index (χ1) is 10.8. The van der Waals surface area contributed by atoms with Gasteiger partial charge in [-0.15, -0.1) is 0 Å². The predicted octanol–water partition coefficient (Wildman–Crippen LogP) is 2.08. The second-order valence-corrected chi connectivity index (χ2v) is 7.49. The lowest BCUT2D eigenvalue weighted by Crippen LogP contribution is -2.37. The minimum absolute atomic E-state index is 0.208. The number of fused-ring (bicyclic) bond motifs is 1. The molecule has 2 aromatic heterocycles. The Labute approximate surface area is 153 Å². The molecule has 1 N–H and O–H groups in total. The first kappa shape index (κ1) is 17.1.